The van der Waals surface area contributed by atoms with Crippen LogP contribution in [0.25, 0.3) is 132 Å². The smallest absolute Gasteiger partial charge is 0.164 e. The van der Waals surface area contributed by atoms with E-state index in [0.29, 0.717) is 17.5 Å². The second-order valence-electron chi connectivity index (χ2n) is 17.2. The predicted molar refractivity (Wildman–Crippen MR) is 277 cm³/mol. The van der Waals surface area contributed by atoms with Crippen molar-refractivity contribution in [3.05, 3.63) is 237 Å². The molecular formula is C63H39N3. The van der Waals surface area contributed by atoms with Gasteiger partial charge in [-0.2, -0.15) is 0 Å². The molecule has 0 unspecified atom stereocenters. The summed E-state index contributed by atoms with van der Waals surface area (Å²) < 4.78 is 0. The molecule has 0 N–H and O–H groups in total. The summed E-state index contributed by atoms with van der Waals surface area (Å²) in [6.45, 7) is 0. The summed E-state index contributed by atoms with van der Waals surface area (Å²) in [5.74, 6) is 1.89. The van der Waals surface area contributed by atoms with Crippen molar-refractivity contribution < 1.29 is 0 Å². The van der Waals surface area contributed by atoms with Crippen molar-refractivity contribution in [2.45, 2.75) is 0 Å². The summed E-state index contributed by atoms with van der Waals surface area (Å²) in [6.07, 6.45) is 0. The van der Waals surface area contributed by atoms with Crippen LogP contribution in [-0.2, 0) is 0 Å². The van der Waals surface area contributed by atoms with Crippen LogP contribution in [-0.4, -0.2) is 15.0 Å². The van der Waals surface area contributed by atoms with E-state index >= 15 is 0 Å². The Hall–Kier alpha value is -8.79. The average Bonchev–Trinajstić information content (AvgIpc) is 3.40. The predicted octanol–water partition coefficient (Wildman–Crippen LogP) is 16.8. The Balaban J connectivity index is 0.949. The van der Waals surface area contributed by atoms with Crippen LogP contribution >= 0.6 is 0 Å². The van der Waals surface area contributed by atoms with Gasteiger partial charge in [0.25, 0.3) is 0 Å². The molecule has 0 fully saturated rings. The summed E-state index contributed by atoms with van der Waals surface area (Å²) in [5.41, 5.74) is 9.90. The molecule has 0 aliphatic carbocycles. The molecule has 66 heavy (non-hydrogen) atoms. The number of hydrogen-bond acceptors (Lipinski definition) is 3. The SMILES string of the molecule is c1ccc(-c2ccc3cc(-c4nc(-c5cccc(-c6ccc7cc(-c8cccc9ccccc89)ccc7c6)c5)nc(-c5ccc6c(ccc7ccccc76)c5)n4)c4ccccc4c3c2)cc1. The van der Waals surface area contributed by atoms with Crippen molar-refractivity contribution in [3.8, 4) is 67.5 Å². The van der Waals surface area contributed by atoms with Gasteiger partial charge in [0, 0.05) is 16.7 Å². The number of nitrogens with zero attached hydrogens (tertiary/aromatic N) is 3. The van der Waals surface area contributed by atoms with Crippen molar-refractivity contribution in [1.29, 1.82) is 0 Å². The molecule has 0 amide bonds. The molecule has 0 aliphatic heterocycles. The van der Waals surface area contributed by atoms with E-state index < -0.39 is 0 Å². The van der Waals surface area contributed by atoms with E-state index in [0.717, 1.165) is 49.4 Å². The first-order valence-corrected chi connectivity index (χ1v) is 22.5. The topological polar surface area (TPSA) is 38.7 Å². The molecule has 13 aromatic rings. The van der Waals surface area contributed by atoms with Gasteiger partial charge in [0.05, 0.1) is 0 Å². The highest BCUT2D eigenvalue weighted by Crippen LogP contribution is 2.39. The van der Waals surface area contributed by atoms with Gasteiger partial charge >= 0.3 is 0 Å². The number of rotatable bonds is 6. The monoisotopic (exact) mass is 837 g/mol. The molecule has 306 valence electrons. The second-order valence-corrected chi connectivity index (χ2v) is 17.2. The first-order valence-electron chi connectivity index (χ1n) is 22.5. The fourth-order valence-corrected chi connectivity index (χ4v) is 9.91. The summed E-state index contributed by atoms with van der Waals surface area (Å²) in [6, 6.07) is 85.0. The molecule has 3 nitrogen and oxygen atoms in total. The quantitative estimate of drug-likeness (QED) is 0.157. The van der Waals surface area contributed by atoms with Gasteiger partial charge in [0.15, 0.2) is 17.5 Å². The third-order valence-corrected chi connectivity index (χ3v) is 13.2. The molecule has 0 radical (unpaired) electrons. The van der Waals surface area contributed by atoms with E-state index in [1.165, 1.54) is 65.3 Å². The lowest BCUT2D eigenvalue weighted by Crippen LogP contribution is -2.01. The van der Waals surface area contributed by atoms with Gasteiger partial charge in [-0.3, -0.25) is 0 Å². The van der Waals surface area contributed by atoms with E-state index in [9.17, 15) is 0 Å². The molecule has 0 spiro atoms. The number of fused-ring (bicyclic) bond motifs is 8. The molecule has 0 aliphatic rings. The average molecular weight is 838 g/mol. The van der Waals surface area contributed by atoms with E-state index in [1.54, 1.807) is 0 Å². The number of hydrogen-bond donors (Lipinski definition) is 0. The van der Waals surface area contributed by atoms with Crippen LogP contribution in [0.1, 0.15) is 0 Å². The molecule has 12 aromatic carbocycles. The first kappa shape index (κ1) is 37.7. The van der Waals surface area contributed by atoms with Crippen molar-refractivity contribution in [2.75, 3.05) is 0 Å². The summed E-state index contributed by atoms with van der Waals surface area (Å²) in [4.78, 5) is 16.0. The summed E-state index contributed by atoms with van der Waals surface area (Å²) in [7, 11) is 0. The van der Waals surface area contributed by atoms with Gasteiger partial charge in [0.2, 0.25) is 0 Å². The maximum absolute atomic E-state index is 5.35. The number of aromatic nitrogens is 3. The Kier molecular flexibility index (Phi) is 8.85. The maximum atomic E-state index is 5.35. The van der Waals surface area contributed by atoms with Crippen LogP contribution in [0.2, 0.25) is 0 Å². The fraction of sp³-hybridized carbons (Fsp3) is 0. The summed E-state index contributed by atoms with van der Waals surface area (Å²) >= 11 is 0. The standard InChI is InChI=1S/C63H39N3/c1-2-12-40(13-3-1)47-28-31-50-39-60(58-22-9-8-21-57(58)59(50)38-47)63-65-61(64-62(66-63)52-32-33-56-49(37-52)29-24-42-15-5-7-20-54(42)56)51-18-10-17-43(36-51)44-25-26-46-35-48(30-27-45(46)34-44)55-23-11-16-41-14-4-6-19-53(41)55/h1-39H. The largest absolute Gasteiger partial charge is 0.208 e. The van der Waals surface area contributed by atoms with E-state index in [2.05, 4.69) is 237 Å². The van der Waals surface area contributed by atoms with Crippen LogP contribution in [0.5, 0.6) is 0 Å². The highest BCUT2D eigenvalue weighted by molar-refractivity contribution is 6.14. The Labute approximate surface area is 382 Å². The third-order valence-electron chi connectivity index (χ3n) is 13.2. The van der Waals surface area contributed by atoms with E-state index in [1.807, 2.05) is 0 Å². The van der Waals surface area contributed by atoms with Crippen LogP contribution in [0.3, 0.4) is 0 Å². The van der Waals surface area contributed by atoms with Gasteiger partial charge in [-0.1, -0.05) is 200 Å². The molecule has 0 atom stereocenters. The highest BCUT2D eigenvalue weighted by Gasteiger charge is 2.18. The Morgan fingerprint density at radius 2 is 0.652 bits per heavy atom. The molecule has 13 rings (SSSR count). The van der Waals surface area contributed by atoms with Crippen LogP contribution in [0.4, 0.5) is 0 Å². The van der Waals surface area contributed by atoms with Gasteiger partial charge in [-0.25, -0.2) is 15.0 Å². The Bertz CT molecular complexity index is 4050. The minimum absolute atomic E-state index is 0.625. The molecule has 1 heterocycles. The maximum Gasteiger partial charge on any atom is 0.164 e. The summed E-state index contributed by atoms with van der Waals surface area (Å²) in [5, 5.41) is 14.3. The van der Waals surface area contributed by atoms with Crippen molar-refractivity contribution >= 4 is 64.6 Å². The lowest BCUT2D eigenvalue weighted by Gasteiger charge is -2.14. The molecule has 0 bridgehead atoms. The Morgan fingerprint density at radius 3 is 1.47 bits per heavy atom. The molecule has 1 aromatic heterocycles. The van der Waals surface area contributed by atoms with Crippen molar-refractivity contribution in [3.63, 3.8) is 0 Å². The minimum Gasteiger partial charge on any atom is -0.208 e. The van der Waals surface area contributed by atoms with Gasteiger partial charge in [-0.05, 0) is 134 Å². The molecule has 0 saturated heterocycles. The Morgan fingerprint density at radius 1 is 0.182 bits per heavy atom. The number of benzene rings is 12. The van der Waals surface area contributed by atoms with Gasteiger partial charge in [-0.15, -0.1) is 0 Å². The van der Waals surface area contributed by atoms with Crippen molar-refractivity contribution in [2.24, 2.45) is 0 Å². The van der Waals surface area contributed by atoms with Crippen LogP contribution in [0, 0.1) is 0 Å². The van der Waals surface area contributed by atoms with E-state index in [4.69, 9.17) is 15.0 Å². The second kappa shape index (κ2) is 15.5. The molecule has 3 heteroatoms. The highest BCUT2D eigenvalue weighted by atomic mass is 15.0. The van der Waals surface area contributed by atoms with Crippen molar-refractivity contribution in [1.82, 2.24) is 15.0 Å². The van der Waals surface area contributed by atoms with Crippen LogP contribution < -0.4 is 0 Å². The van der Waals surface area contributed by atoms with Gasteiger partial charge < -0.3 is 0 Å². The first-order chi connectivity index (χ1) is 32.7. The normalized spacial score (nSPS) is 11.6. The van der Waals surface area contributed by atoms with E-state index in [-0.39, 0.29) is 0 Å². The van der Waals surface area contributed by atoms with Crippen LogP contribution in [0.15, 0.2) is 237 Å². The zero-order chi connectivity index (χ0) is 43.6. The minimum atomic E-state index is 0.625. The lowest BCUT2D eigenvalue weighted by atomic mass is 9.94. The van der Waals surface area contributed by atoms with Gasteiger partial charge in [0.1, 0.15) is 0 Å². The third kappa shape index (κ3) is 6.56. The zero-order valence-corrected chi connectivity index (χ0v) is 35.9. The molecular weight excluding hydrogens is 799 g/mol. The molecule has 0 saturated carbocycles. The fourth-order valence-electron chi connectivity index (χ4n) is 9.91. The zero-order valence-electron chi connectivity index (χ0n) is 35.9. The lowest BCUT2D eigenvalue weighted by molar-refractivity contribution is 1.08.